The largest absolute Gasteiger partial charge is 0.334 e. The smallest absolute Gasteiger partial charge is 0.259 e. The maximum absolute atomic E-state index is 12.3. The molecule has 19 heavy (non-hydrogen) atoms. The van der Waals surface area contributed by atoms with Crippen LogP contribution in [0.3, 0.4) is 0 Å². The molecule has 1 aromatic rings. The van der Waals surface area contributed by atoms with E-state index in [1.165, 1.54) is 0 Å². The van der Waals surface area contributed by atoms with Gasteiger partial charge >= 0.3 is 0 Å². The summed E-state index contributed by atoms with van der Waals surface area (Å²) in [4.78, 5) is 4.11. The van der Waals surface area contributed by atoms with Crippen LogP contribution in [0.4, 0.5) is 0 Å². The third-order valence-electron chi connectivity index (χ3n) is 3.10. The number of nitrogens with zero attached hydrogens (tertiary/aromatic N) is 2. The van der Waals surface area contributed by atoms with Gasteiger partial charge in [0.1, 0.15) is 5.82 Å². The highest BCUT2D eigenvalue weighted by molar-refractivity contribution is 7.89. The highest BCUT2D eigenvalue weighted by Gasteiger charge is 2.24. The Bertz CT molecular complexity index is 511. The Morgan fingerprint density at radius 1 is 1.47 bits per heavy atom. The molecule has 0 spiro atoms. The molecule has 0 aromatic carbocycles. The number of nitrogens with one attached hydrogen (secondary N) is 1. The number of halogens is 1. The quantitative estimate of drug-likeness (QED) is 0.785. The van der Waals surface area contributed by atoms with Crippen molar-refractivity contribution in [1.82, 2.24) is 14.3 Å². The first-order valence-corrected chi connectivity index (χ1v) is 8.45. The average Bonchev–Trinajstić information content (AvgIpc) is 2.70. The second-order valence-electron chi connectivity index (χ2n) is 4.86. The fraction of sp³-hybridized carbons (Fsp3) is 0.750. The molecular formula is C12H22ClN3O2S. The van der Waals surface area contributed by atoms with Crippen LogP contribution in [0.1, 0.15) is 33.0 Å². The van der Waals surface area contributed by atoms with Gasteiger partial charge in [0.05, 0.1) is 0 Å². The van der Waals surface area contributed by atoms with Gasteiger partial charge in [-0.15, -0.1) is 11.6 Å². The number of rotatable bonds is 7. The molecule has 7 heteroatoms. The molecule has 0 saturated carbocycles. The van der Waals surface area contributed by atoms with Crippen LogP contribution >= 0.6 is 11.6 Å². The molecule has 1 N–H and O–H groups in total. The summed E-state index contributed by atoms with van der Waals surface area (Å²) in [6.45, 7) is 8.37. The van der Waals surface area contributed by atoms with Crippen molar-refractivity contribution in [2.75, 3.05) is 5.88 Å². The van der Waals surface area contributed by atoms with E-state index in [2.05, 4.69) is 9.71 Å². The molecule has 0 saturated heterocycles. The van der Waals surface area contributed by atoms with Gasteiger partial charge in [-0.2, -0.15) is 0 Å². The third kappa shape index (κ3) is 4.19. The summed E-state index contributed by atoms with van der Waals surface area (Å²) in [5, 5.41) is 0.0760. The van der Waals surface area contributed by atoms with E-state index in [1.807, 2.05) is 20.8 Å². The molecule has 1 aromatic heterocycles. The van der Waals surface area contributed by atoms with Crippen molar-refractivity contribution in [3.05, 3.63) is 12.0 Å². The van der Waals surface area contributed by atoms with Crippen LogP contribution in [0.2, 0.25) is 0 Å². The highest BCUT2D eigenvalue weighted by Crippen LogP contribution is 2.14. The van der Waals surface area contributed by atoms with Crippen LogP contribution in [-0.4, -0.2) is 29.9 Å². The molecule has 0 bridgehead atoms. The summed E-state index contributed by atoms with van der Waals surface area (Å²) in [7, 11) is -3.58. The lowest BCUT2D eigenvalue weighted by molar-refractivity contribution is 0.438. The molecule has 110 valence electrons. The molecule has 1 unspecified atom stereocenters. The van der Waals surface area contributed by atoms with Gasteiger partial charge in [0.2, 0.25) is 0 Å². The Labute approximate surface area is 120 Å². The Kier molecular flexibility index (Phi) is 5.82. The van der Waals surface area contributed by atoms with Crippen LogP contribution in [0, 0.1) is 12.8 Å². The third-order valence-corrected chi connectivity index (χ3v) is 4.68. The van der Waals surface area contributed by atoms with E-state index in [-0.39, 0.29) is 17.0 Å². The summed E-state index contributed by atoms with van der Waals surface area (Å²) in [5.41, 5.74) is 0. The van der Waals surface area contributed by atoms with Gasteiger partial charge in [-0.3, -0.25) is 0 Å². The molecule has 0 aliphatic heterocycles. The SMILES string of the molecule is CCn1cc(S(=O)(=O)NC(CCCl)C(C)C)nc1C. The van der Waals surface area contributed by atoms with Crippen molar-refractivity contribution in [2.24, 2.45) is 5.92 Å². The fourth-order valence-electron chi connectivity index (χ4n) is 1.83. The summed E-state index contributed by atoms with van der Waals surface area (Å²) >= 11 is 5.71. The number of sulfonamides is 1. The lowest BCUT2D eigenvalue weighted by Gasteiger charge is -2.20. The van der Waals surface area contributed by atoms with Crippen LogP contribution in [-0.2, 0) is 16.6 Å². The normalized spacial score (nSPS) is 14.0. The van der Waals surface area contributed by atoms with E-state index in [0.717, 1.165) is 0 Å². The average molecular weight is 308 g/mol. The topological polar surface area (TPSA) is 64.0 Å². The molecule has 1 rings (SSSR count). The predicted octanol–water partition coefficient (Wildman–Crippen LogP) is 2.14. The summed E-state index contributed by atoms with van der Waals surface area (Å²) in [6.07, 6.45) is 2.17. The van der Waals surface area contributed by atoms with E-state index in [4.69, 9.17) is 11.6 Å². The van der Waals surface area contributed by atoms with Crippen molar-refractivity contribution >= 4 is 21.6 Å². The molecule has 0 aliphatic carbocycles. The van der Waals surface area contributed by atoms with E-state index < -0.39 is 10.0 Å². The minimum Gasteiger partial charge on any atom is -0.334 e. The lowest BCUT2D eigenvalue weighted by Crippen LogP contribution is -2.39. The predicted molar refractivity (Wildman–Crippen MR) is 76.9 cm³/mol. The molecule has 1 atom stereocenters. The second-order valence-corrected chi connectivity index (χ2v) is 6.90. The van der Waals surface area contributed by atoms with E-state index in [0.29, 0.717) is 24.7 Å². The van der Waals surface area contributed by atoms with Gasteiger partial charge in [0, 0.05) is 24.7 Å². The standard InChI is InChI=1S/C12H22ClN3O2S/c1-5-16-8-12(14-10(16)4)19(17,18)15-11(6-7-13)9(2)3/h8-9,11,15H,5-7H2,1-4H3. The first-order valence-electron chi connectivity index (χ1n) is 6.43. The number of alkyl halides is 1. The Hall–Kier alpha value is -0.590. The molecule has 0 amide bonds. The van der Waals surface area contributed by atoms with E-state index in [9.17, 15) is 8.42 Å². The van der Waals surface area contributed by atoms with Gasteiger partial charge in [0.15, 0.2) is 5.03 Å². The first kappa shape index (κ1) is 16.5. The number of aryl methyl sites for hydroxylation is 2. The minimum absolute atomic E-state index is 0.0760. The fourth-order valence-corrected chi connectivity index (χ4v) is 3.50. The van der Waals surface area contributed by atoms with E-state index in [1.54, 1.807) is 17.7 Å². The van der Waals surface area contributed by atoms with Crippen molar-refractivity contribution < 1.29 is 8.42 Å². The first-order chi connectivity index (χ1) is 8.81. The van der Waals surface area contributed by atoms with Gasteiger partial charge in [-0.25, -0.2) is 18.1 Å². The number of hydrogen-bond acceptors (Lipinski definition) is 3. The minimum atomic E-state index is -3.58. The zero-order chi connectivity index (χ0) is 14.6. The molecule has 0 radical (unpaired) electrons. The van der Waals surface area contributed by atoms with Crippen LogP contribution in [0.15, 0.2) is 11.2 Å². The maximum Gasteiger partial charge on any atom is 0.259 e. The zero-order valence-corrected chi connectivity index (χ0v) is 13.4. The number of hydrogen-bond donors (Lipinski definition) is 1. The maximum atomic E-state index is 12.3. The van der Waals surface area contributed by atoms with Gasteiger partial charge in [0.25, 0.3) is 10.0 Å². The summed E-state index contributed by atoms with van der Waals surface area (Å²) in [6, 6.07) is -0.172. The van der Waals surface area contributed by atoms with Crippen molar-refractivity contribution in [1.29, 1.82) is 0 Å². The van der Waals surface area contributed by atoms with Gasteiger partial charge in [-0.05, 0) is 26.2 Å². The van der Waals surface area contributed by atoms with Crippen molar-refractivity contribution in [2.45, 2.75) is 51.7 Å². The van der Waals surface area contributed by atoms with Crippen molar-refractivity contribution in [3.63, 3.8) is 0 Å². The zero-order valence-electron chi connectivity index (χ0n) is 11.9. The summed E-state index contributed by atoms with van der Waals surface area (Å²) < 4.78 is 29.0. The molecular weight excluding hydrogens is 286 g/mol. The Morgan fingerprint density at radius 2 is 2.11 bits per heavy atom. The van der Waals surface area contributed by atoms with Crippen molar-refractivity contribution in [3.8, 4) is 0 Å². The van der Waals surface area contributed by atoms with Gasteiger partial charge < -0.3 is 4.57 Å². The molecule has 0 aliphatic rings. The summed E-state index contributed by atoms with van der Waals surface area (Å²) in [5.74, 6) is 1.30. The highest BCUT2D eigenvalue weighted by atomic mass is 35.5. The van der Waals surface area contributed by atoms with Crippen LogP contribution in [0.25, 0.3) is 0 Å². The molecule has 5 nitrogen and oxygen atoms in total. The monoisotopic (exact) mass is 307 g/mol. The second kappa shape index (κ2) is 6.72. The van der Waals surface area contributed by atoms with E-state index >= 15 is 0 Å². The Morgan fingerprint density at radius 3 is 2.53 bits per heavy atom. The van der Waals surface area contributed by atoms with Crippen LogP contribution in [0.5, 0.6) is 0 Å². The van der Waals surface area contributed by atoms with Gasteiger partial charge in [-0.1, -0.05) is 13.8 Å². The molecule has 0 fully saturated rings. The molecule has 1 heterocycles. The number of imidazole rings is 1. The lowest BCUT2D eigenvalue weighted by atomic mass is 10.0. The van der Waals surface area contributed by atoms with Crippen LogP contribution < -0.4 is 4.72 Å². The number of aromatic nitrogens is 2. The Balaban J connectivity index is 2.96.